The van der Waals surface area contributed by atoms with Crippen LogP contribution >= 0.6 is 0 Å². The highest BCUT2D eigenvalue weighted by atomic mass is 16.5. The number of hydrogen-bond donors (Lipinski definition) is 0. The van der Waals surface area contributed by atoms with Gasteiger partial charge in [-0.25, -0.2) is 0 Å². The maximum atomic E-state index is 13.3. The van der Waals surface area contributed by atoms with Crippen molar-refractivity contribution in [2.75, 3.05) is 20.2 Å². The zero-order valence-electron chi connectivity index (χ0n) is 20.1. The Morgan fingerprint density at radius 3 is 2.35 bits per heavy atom. The molecule has 4 rings (SSSR count). The molecule has 0 N–H and O–H groups in total. The van der Waals surface area contributed by atoms with E-state index in [9.17, 15) is 9.59 Å². The molecule has 0 unspecified atom stereocenters. The number of amides is 2. The zero-order chi connectivity index (χ0) is 24.1. The summed E-state index contributed by atoms with van der Waals surface area (Å²) >= 11 is 0. The molecule has 1 aliphatic rings. The highest BCUT2D eigenvalue weighted by molar-refractivity contribution is 5.97. The summed E-state index contributed by atoms with van der Waals surface area (Å²) in [7, 11) is 1.64. The topological polar surface area (TPSA) is 49.9 Å². The van der Waals surface area contributed by atoms with Gasteiger partial charge in [-0.3, -0.25) is 9.59 Å². The second-order valence-corrected chi connectivity index (χ2v) is 9.18. The lowest BCUT2D eigenvalue weighted by molar-refractivity contribution is -0.139. The van der Waals surface area contributed by atoms with Gasteiger partial charge in [-0.1, -0.05) is 68.4 Å². The van der Waals surface area contributed by atoms with Crippen LogP contribution in [0.25, 0.3) is 0 Å². The van der Waals surface area contributed by atoms with E-state index in [1.54, 1.807) is 12.0 Å². The van der Waals surface area contributed by atoms with Gasteiger partial charge < -0.3 is 14.5 Å². The molecule has 0 aliphatic carbocycles. The third-order valence-electron chi connectivity index (χ3n) is 6.43. The molecule has 3 aromatic rings. The molecular formula is C29H32N2O3. The SMILES string of the molecule is COc1cccc(CN2C(=O)CN(C(=O)c3ccc(C(C)C)cc3)C[C@@H]2Cc2ccccc2)c1. The van der Waals surface area contributed by atoms with Crippen molar-refractivity contribution in [1.29, 1.82) is 0 Å². The van der Waals surface area contributed by atoms with E-state index in [0.717, 1.165) is 16.9 Å². The largest absolute Gasteiger partial charge is 0.497 e. The van der Waals surface area contributed by atoms with Crippen molar-refractivity contribution in [1.82, 2.24) is 9.80 Å². The van der Waals surface area contributed by atoms with Gasteiger partial charge in [-0.05, 0) is 53.3 Å². The number of benzene rings is 3. The molecule has 0 aromatic heterocycles. The maximum Gasteiger partial charge on any atom is 0.254 e. The molecule has 1 fully saturated rings. The van der Waals surface area contributed by atoms with Gasteiger partial charge in [0, 0.05) is 18.7 Å². The number of carbonyl (C=O) groups is 2. The third-order valence-corrected chi connectivity index (χ3v) is 6.43. The van der Waals surface area contributed by atoms with E-state index in [1.807, 2.05) is 71.6 Å². The second kappa shape index (κ2) is 10.6. The molecule has 0 spiro atoms. The van der Waals surface area contributed by atoms with Crippen molar-refractivity contribution in [3.63, 3.8) is 0 Å². The van der Waals surface area contributed by atoms with Crippen LogP contribution in [0.5, 0.6) is 5.75 Å². The molecule has 0 bridgehead atoms. The number of carbonyl (C=O) groups excluding carboxylic acids is 2. The summed E-state index contributed by atoms with van der Waals surface area (Å²) in [5.41, 5.74) is 3.97. The van der Waals surface area contributed by atoms with Gasteiger partial charge in [-0.2, -0.15) is 0 Å². The Bertz CT molecular complexity index is 1130. The number of methoxy groups -OCH3 is 1. The minimum absolute atomic E-state index is 0.0397. The third kappa shape index (κ3) is 5.48. The molecule has 2 amide bonds. The molecule has 34 heavy (non-hydrogen) atoms. The summed E-state index contributed by atoms with van der Waals surface area (Å²) in [6, 6.07) is 25.6. The lowest BCUT2D eigenvalue weighted by Gasteiger charge is -2.41. The first-order valence-electron chi connectivity index (χ1n) is 11.8. The molecule has 1 atom stereocenters. The minimum atomic E-state index is -0.117. The van der Waals surface area contributed by atoms with Gasteiger partial charge in [-0.15, -0.1) is 0 Å². The van der Waals surface area contributed by atoms with Gasteiger partial charge in [0.2, 0.25) is 5.91 Å². The standard InChI is InChI=1S/C29H32N2O3/c1-21(2)24-12-14-25(15-13-24)29(33)30-19-26(16-22-8-5-4-6-9-22)31(28(32)20-30)18-23-10-7-11-27(17-23)34-3/h4-15,17,21,26H,16,18-20H2,1-3H3/t26-/m0/s1. The molecule has 3 aromatic carbocycles. The predicted octanol–water partition coefficient (Wildman–Crippen LogP) is 4.91. The quantitative estimate of drug-likeness (QED) is 0.507. The molecule has 1 aliphatic heterocycles. The first kappa shape index (κ1) is 23.6. The fourth-order valence-corrected chi connectivity index (χ4v) is 4.47. The summed E-state index contributed by atoms with van der Waals surface area (Å²) in [6.45, 7) is 5.32. The Morgan fingerprint density at radius 1 is 0.971 bits per heavy atom. The summed E-state index contributed by atoms with van der Waals surface area (Å²) in [5.74, 6) is 1.04. The van der Waals surface area contributed by atoms with E-state index in [-0.39, 0.29) is 24.4 Å². The molecule has 5 nitrogen and oxygen atoms in total. The highest BCUT2D eigenvalue weighted by Crippen LogP contribution is 2.23. The Morgan fingerprint density at radius 2 is 1.68 bits per heavy atom. The zero-order valence-corrected chi connectivity index (χ0v) is 20.1. The van der Waals surface area contributed by atoms with E-state index in [1.165, 1.54) is 5.56 Å². The summed E-state index contributed by atoms with van der Waals surface area (Å²) < 4.78 is 5.36. The molecule has 176 valence electrons. The van der Waals surface area contributed by atoms with Crippen LogP contribution in [0.3, 0.4) is 0 Å². The van der Waals surface area contributed by atoms with E-state index >= 15 is 0 Å². The average Bonchev–Trinajstić information content (AvgIpc) is 2.86. The number of piperazine rings is 1. The summed E-state index contributed by atoms with van der Waals surface area (Å²) in [5, 5.41) is 0. The van der Waals surface area contributed by atoms with Gasteiger partial charge >= 0.3 is 0 Å². The lowest BCUT2D eigenvalue weighted by Crippen LogP contribution is -2.58. The van der Waals surface area contributed by atoms with Gasteiger partial charge in [0.25, 0.3) is 5.91 Å². The van der Waals surface area contributed by atoms with Crippen LogP contribution in [-0.2, 0) is 17.8 Å². The minimum Gasteiger partial charge on any atom is -0.497 e. The average molecular weight is 457 g/mol. The highest BCUT2D eigenvalue weighted by Gasteiger charge is 2.35. The van der Waals surface area contributed by atoms with E-state index in [4.69, 9.17) is 4.74 Å². The fraction of sp³-hybridized carbons (Fsp3) is 0.310. The van der Waals surface area contributed by atoms with E-state index in [2.05, 4.69) is 26.0 Å². The fourth-order valence-electron chi connectivity index (χ4n) is 4.47. The van der Waals surface area contributed by atoms with Crippen LogP contribution in [0.4, 0.5) is 0 Å². The van der Waals surface area contributed by atoms with Gasteiger partial charge in [0.05, 0.1) is 13.2 Å². The van der Waals surface area contributed by atoms with Crippen LogP contribution in [0.2, 0.25) is 0 Å². The van der Waals surface area contributed by atoms with Crippen LogP contribution in [0.1, 0.15) is 46.8 Å². The predicted molar refractivity (Wildman–Crippen MR) is 134 cm³/mol. The monoisotopic (exact) mass is 456 g/mol. The molecule has 1 heterocycles. The molecule has 0 saturated carbocycles. The molecular weight excluding hydrogens is 424 g/mol. The summed E-state index contributed by atoms with van der Waals surface area (Å²) in [6.07, 6.45) is 0.687. The first-order valence-corrected chi connectivity index (χ1v) is 11.8. The van der Waals surface area contributed by atoms with Gasteiger partial charge in [0.15, 0.2) is 0 Å². The number of rotatable bonds is 7. The Hall–Kier alpha value is -3.60. The van der Waals surface area contributed by atoms with Crippen LogP contribution in [0, 0.1) is 0 Å². The number of ether oxygens (including phenoxy) is 1. The van der Waals surface area contributed by atoms with Crippen molar-refractivity contribution >= 4 is 11.8 Å². The first-order chi connectivity index (χ1) is 16.4. The van der Waals surface area contributed by atoms with Crippen LogP contribution in [0.15, 0.2) is 78.9 Å². The maximum absolute atomic E-state index is 13.3. The Labute approximate surface area is 202 Å². The van der Waals surface area contributed by atoms with Crippen molar-refractivity contribution < 1.29 is 14.3 Å². The van der Waals surface area contributed by atoms with Crippen LogP contribution < -0.4 is 4.74 Å². The Balaban J connectivity index is 1.57. The molecule has 1 saturated heterocycles. The van der Waals surface area contributed by atoms with Crippen LogP contribution in [-0.4, -0.2) is 47.9 Å². The molecule has 0 radical (unpaired) electrons. The van der Waals surface area contributed by atoms with E-state index in [0.29, 0.717) is 31.0 Å². The van der Waals surface area contributed by atoms with E-state index < -0.39 is 0 Å². The smallest absolute Gasteiger partial charge is 0.254 e. The summed E-state index contributed by atoms with van der Waals surface area (Å²) in [4.78, 5) is 30.3. The second-order valence-electron chi connectivity index (χ2n) is 9.18. The van der Waals surface area contributed by atoms with Crippen molar-refractivity contribution in [3.8, 4) is 5.75 Å². The molecule has 5 heteroatoms. The van der Waals surface area contributed by atoms with Crippen molar-refractivity contribution in [2.24, 2.45) is 0 Å². The van der Waals surface area contributed by atoms with Crippen molar-refractivity contribution in [3.05, 3.63) is 101 Å². The normalized spacial score (nSPS) is 16.1. The number of hydrogen-bond acceptors (Lipinski definition) is 3. The Kier molecular flexibility index (Phi) is 7.31. The lowest BCUT2D eigenvalue weighted by atomic mass is 9.99. The number of nitrogens with zero attached hydrogens (tertiary/aromatic N) is 2. The van der Waals surface area contributed by atoms with Gasteiger partial charge in [0.1, 0.15) is 12.3 Å². The van der Waals surface area contributed by atoms with Crippen molar-refractivity contribution in [2.45, 2.75) is 38.8 Å².